The Bertz CT molecular complexity index is 898. The molecule has 1 spiro atoms. The number of para-hydroxylation sites is 1. The first-order valence-electron chi connectivity index (χ1n) is 13.0. The summed E-state index contributed by atoms with van der Waals surface area (Å²) in [6.07, 6.45) is 1.34. The standard InChI is InChI=1S/C25H35FN2O6.C2H6/c1-24(2,3)34-23(31)28-13-12-25(15-33-21(26)22(30)27-25)20(28)14-32-17-10-8-16(9-11-17)18-6-4-5-7-19(18)29;1-2/h4-7,16-17,20-21,29H,8-15H2,1-3H3,(H,27,30);1-2H3. The van der Waals surface area contributed by atoms with Crippen molar-refractivity contribution in [2.75, 3.05) is 19.8 Å². The number of likely N-dealkylation sites (tertiary alicyclic amines) is 1. The minimum Gasteiger partial charge on any atom is -0.508 e. The molecule has 4 rings (SSSR count). The summed E-state index contributed by atoms with van der Waals surface area (Å²) >= 11 is 0. The number of halogens is 1. The van der Waals surface area contributed by atoms with Crippen molar-refractivity contribution in [1.82, 2.24) is 10.2 Å². The Kier molecular flexibility index (Phi) is 9.22. The molecule has 0 radical (unpaired) electrons. The number of alkyl halides is 1. The number of nitrogens with one attached hydrogen (secondary N) is 1. The van der Waals surface area contributed by atoms with Gasteiger partial charge in [0, 0.05) is 6.54 Å². The third-order valence-corrected chi connectivity index (χ3v) is 7.05. The van der Waals surface area contributed by atoms with E-state index in [1.54, 1.807) is 31.7 Å². The summed E-state index contributed by atoms with van der Waals surface area (Å²) in [5.41, 5.74) is -0.616. The maximum atomic E-state index is 13.7. The van der Waals surface area contributed by atoms with Crippen LogP contribution in [-0.2, 0) is 19.0 Å². The molecular weight excluding hydrogens is 467 g/mol. The average Bonchev–Trinajstić information content (AvgIpc) is 3.19. The summed E-state index contributed by atoms with van der Waals surface area (Å²) in [5, 5.41) is 12.9. The Balaban J connectivity index is 0.00000176. The van der Waals surface area contributed by atoms with Crippen molar-refractivity contribution < 1.29 is 33.3 Å². The summed E-state index contributed by atoms with van der Waals surface area (Å²) in [7, 11) is 0. The molecule has 2 amide bonds. The van der Waals surface area contributed by atoms with Gasteiger partial charge in [0.1, 0.15) is 11.4 Å². The Morgan fingerprint density at radius 1 is 1.22 bits per heavy atom. The Labute approximate surface area is 213 Å². The van der Waals surface area contributed by atoms with Crippen LogP contribution in [0.3, 0.4) is 0 Å². The van der Waals surface area contributed by atoms with Crippen LogP contribution in [0.5, 0.6) is 5.75 Å². The molecule has 202 valence electrons. The second-order valence-corrected chi connectivity index (χ2v) is 10.6. The van der Waals surface area contributed by atoms with Crippen LogP contribution in [0.4, 0.5) is 9.18 Å². The van der Waals surface area contributed by atoms with Gasteiger partial charge in [-0.1, -0.05) is 32.0 Å². The van der Waals surface area contributed by atoms with Crippen molar-refractivity contribution in [3.63, 3.8) is 0 Å². The molecule has 36 heavy (non-hydrogen) atoms. The smallest absolute Gasteiger partial charge is 0.410 e. The van der Waals surface area contributed by atoms with Gasteiger partial charge in [-0.3, -0.25) is 4.79 Å². The molecule has 1 saturated carbocycles. The number of carbonyl (C=O) groups excluding carboxylic acids is 2. The van der Waals surface area contributed by atoms with E-state index in [0.717, 1.165) is 31.2 Å². The van der Waals surface area contributed by atoms with Crippen LogP contribution in [0.1, 0.15) is 78.2 Å². The van der Waals surface area contributed by atoms with Crippen molar-refractivity contribution in [3.05, 3.63) is 29.8 Å². The van der Waals surface area contributed by atoms with E-state index < -0.39 is 35.5 Å². The number of morpholine rings is 1. The van der Waals surface area contributed by atoms with Crippen LogP contribution >= 0.6 is 0 Å². The average molecular weight is 509 g/mol. The van der Waals surface area contributed by atoms with E-state index in [4.69, 9.17) is 14.2 Å². The number of nitrogens with zero attached hydrogens (tertiary/aromatic N) is 1. The summed E-state index contributed by atoms with van der Waals surface area (Å²) in [4.78, 5) is 26.6. The van der Waals surface area contributed by atoms with E-state index >= 15 is 0 Å². The molecule has 3 atom stereocenters. The third kappa shape index (κ3) is 6.48. The molecule has 9 heteroatoms. The van der Waals surface area contributed by atoms with Gasteiger partial charge in [0.2, 0.25) is 0 Å². The number of benzene rings is 1. The molecule has 8 nitrogen and oxygen atoms in total. The highest BCUT2D eigenvalue weighted by Crippen LogP contribution is 2.39. The van der Waals surface area contributed by atoms with E-state index in [-0.39, 0.29) is 25.2 Å². The molecule has 2 heterocycles. The van der Waals surface area contributed by atoms with Crippen molar-refractivity contribution in [1.29, 1.82) is 0 Å². The van der Waals surface area contributed by atoms with Gasteiger partial charge < -0.3 is 29.5 Å². The highest BCUT2D eigenvalue weighted by atomic mass is 19.1. The molecule has 0 aromatic heterocycles. The summed E-state index contributed by atoms with van der Waals surface area (Å²) < 4.78 is 30.7. The number of aromatic hydroxyl groups is 1. The zero-order valence-corrected chi connectivity index (χ0v) is 22.1. The maximum absolute atomic E-state index is 13.7. The fraction of sp³-hybridized carbons (Fsp3) is 0.704. The van der Waals surface area contributed by atoms with E-state index in [1.807, 2.05) is 32.0 Å². The molecule has 2 saturated heterocycles. The lowest BCUT2D eigenvalue weighted by Crippen LogP contribution is -2.66. The number of hydrogen-bond donors (Lipinski definition) is 2. The van der Waals surface area contributed by atoms with Gasteiger partial charge in [0.05, 0.1) is 30.9 Å². The summed E-state index contributed by atoms with van der Waals surface area (Å²) in [6.45, 7) is 9.89. The van der Waals surface area contributed by atoms with Crippen molar-refractivity contribution in [3.8, 4) is 5.75 Å². The fourth-order valence-electron chi connectivity index (χ4n) is 5.28. The van der Waals surface area contributed by atoms with Gasteiger partial charge >= 0.3 is 6.09 Å². The lowest BCUT2D eigenvalue weighted by Gasteiger charge is -2.42. The minimum atomic E-state index is -2.01. The predicted octanol–water partition coefficient (Wildman–Crippen LogP) is 4.65. The molecule has 2 N–H and O–H groups in total. The molecule has 0 bridgehead atoms. The first-order chi connectivity index (χ1) is 17.1. The van der Waals surface area contributed by atoms with Gasteiger partial charge in [-0.25, -0.2) is 9.18 Å². The molecule has 1 aliphatic carbocycles. The van der Waals surface area contributed by atoms with E-state index in [9.17, 15) is 19.1 Å². The molecule has 3 fully saturated rings. The van der Waals surface area contributed by atoms with Crippen molar-refractivity contribution in [2.24, 2.45) is 0 Å². The monoisotopic (exact) mass is 508 g/mol. The quantitative estimate of drug-likeness (QED) is 0.615. The number of carbonyl (C=O) groups is 2. The number of amides is 2. The molecule has 1 aromatic rings. The maximum Gasteiger partial charge on any atom is 0.410 e. The van der Waals surface area contributed by atoms with E-state index in [2.05, 4.69) is 5.32 Å². The summed E-state index contributed by atoms with van der Waals surface area (Å²) in [6, 6.07) is 6.90. The molecule has 3 aliphatic rings. The van der Waals surface area contributed by atoms with Gasteiger partial charge in [-0.05, 0) is 70.4 Å². The Morgan fingerprint density at radius 3 is 2.50 bits per heavy atom. The molecule has 1 aromatic carbocycles. The van der Waals surface area contributed by atoms with Gasteiger partial charge in [0.25, 0.3) is 12.3 Å². The van der Waals surface area contributed by atoms with E-state index in [1.165, 1.54) is 0 Å². The highest BCUT2D eigenvalue weighted by molar-refractivity contribution is 5.81. The van der Waals surface area contributed by atoms with Crippen molar-refractivity contribution >= 4 is 12.0 Å². The number of hydrogen-bond acceptors (Lipinski definition) is 6. The molecule has 3 unspecified atom stereocenters. The largest absolute Gasteiger partial charge is 0.508 e. The third-order valence-electron chi connectivity index (χ3n) is 7.05. The number of phenolic OH excluding ortho intramolecular Hbond substituents is 1. The van der Waals surface area contributed by atoms with Crippen LogP contribution in [0.15, 0.2) is 24.3 Å². The lowest BCUT2D eigenvalue weighted by molar-refractivity contribution is -0.165. The Morgan fingerprint density at radius 2 is 1.89 bits per heavy atom. The number of rotatable bonds is 4. The SMILES string of the molecule is CC.CC(C)(C)OC(=O)N1CCC2(COC(F)C(=O)N2)C1COC1CCC(c2ccccc2O)CC1. The topological polar surface area (TPSA) is 97.3 Å². The van der Waals surface area contributed by atoms with Crippen LogP contribution in [0, 0.1) is 0 Å². The van der Waals surface area contributed by atoms with Crippen LogP contribution in [-0.4, -0.2) is 71.4 Å². The second-order valence-electron chi connectivity index (χ2n) is 10.6. The van der Waals surface area contributed by atoms with Crippen molar-refractivity contribution in [2.45, 2.75) is 102 Å². The van der Waals surface area contributed by atoms with Crippen LogP contribution in [0.25, 0.3) is 0 Å². The summed E-state index contributed by atoms with van der Waals surface area (Å²) in [5.74, 6) is -0.220. The Hall–Kier alpha value is -2.39. The van der Waals surface area contributed by atoms with Crippen LogP contribution in [0.2, 0.25) is 0 Å². The normalized spacial score (nSPS) is 30.4. The predicted molar refractivity (Wildman–Crippen MR) is 133 cm³/mol. The lowest BCUT2D eigenvalue weighted by atomic mass is 9.82. The number of ether oxygens (including phenoxy) is 3. The fourth-order valence-corrected chi connectivity index (χ4v) is 5.28. The first kappa shape index (κ1) is 28.2. The molecule has 2 aliphatic heterocycles. The molecular formula is C27H41FN2O6. The van der Waals surface area contributed by atoms with E-state index in [0.29, 0.717) is 18.7 Å². The zero-order chi connectivity index (χ0) is 26.5. The minimum absolute atomic E-state index is 0.00521. The number of phenols is 1. The zero-order valence-electron chi connectivity index (χ0n) is 22.1. The highest BCUT2D eigenvalue weighted by Gasteiger charge is 2.54. The second kappa shape index (κ2) is 11.8. The van der Waals surface area contributed by atoms with Gasteiger partial charge in [-0.15, -0.1) is 0 Å². The van der Waals surface area contributed by atoms with Gasteiger partial charge in [0.15, 0.2) is 0 Å². The first-order valence-corrected chi connectivity index (χ1v) is 13.0. The van der Waals surface area contributed by atoms with Gasteiger partial charge in [-0.2, -0.15) is 0 Å². The van der Waals surface area contributed by atoms with Crippen LogP contribution < -0.4 is 5.32 Å².